The van der Waals surface area contributed by atoms with Crippen LogP contribution in [-0.4, -0.2) is 62.8 Å². The molecule has 1 saturated carbocycles. The summed E-state index contributed by atoms with van der Waals surface area (Å²) in [7, 11) is -1.55. The molecule has 120 valence electrons. The third-order valence-electron chi connectivity index (χ3n) is 4.11. The van der Waals surface area contributed by atoms with Crippen LogP contribution in [0.15, 0.2) is 29.2 Å². The Hall–Kier alpha value is -1.44. The molecular formula is C15H21N3O3S. The molecule has 1 amide bonds. The number of nitrogens with zero attached hydrogens (tertiary/aromatic N) is 2. The molecule has 3 rings (SSSR count). The van der Waals surface area contributed by atoms with Crippen LogP contribution < -0.4 is 5.32 Å². The van der Waals surface area contributed by atoms with Crippen LogP contribution in [0.1, 0.15) is 23.2 Å². The van der Waals surface area contributed by atoms with Crippen molar-refractivity contribution in [2.75, 3.05) is 33.2 Å². The van der Waals surface area contributed by atoms with Crippen molar-refractivity contribution in [2.45, 2.75) is 23.8 Å². The fourth-order valence-electron chi connectivity index (χ4n) is 2.47. The summed E-state index contributed by atoms with van der Waals surface area (Å²) in [6.07, 6.45) is 2.01. The second-order valence-corrected chi connectivity index (χ2v) is 7.92. The van der Waals surface area contributed by atoms with Gasteiger partial charge in [0.25, 0.3) is 5.91 Å². The first-order valence-electron chi connectivity index (χ1n) is 7.56. The van der Waals surface area contributed by atoms with E-state index in [-0.39, 0.29) is 16.8 Å². The van der Waals surface area contributed by atoms with Gasteiger partial charge in [-0.3, -0.25) is 4.79 Å². The SMILES string of the molecule is CN1CCN(S(=O)(=O)c2cccc(C(=O)NC3CC3)c2)CC1. The molecule has 7 heteroatoms. The molecule has 22 heavy (non-hydrogen) atoms. The first kappa shape index (κ1) is 15.5. The fraction of sp³-hybridized carbons (Fsp3) is 0.533. The minimum absolute atomic E-state index is 0.195. The van der Waals surface area contributed by atoms with Gasteiger partial charge in [0.1, 0.15) is 0 Å². The summed E-state index contributed by atoms with van der Waals surface area (Å²) in [5, 5.41) is 2.88. The van der Waals surface area contributed by atoms with Gasteiger partial charge in [-0.15, -0.1) is 0 Å². The lowest BCUT2D eigenvalue weighted by Crippen LogP contribution is -2.47. The van der Waals surface area contributed by atoms with Gasteiger partial charge in [-0.05, 0) is 38.1 Å². The number of carbonyl (C=O) groups is 1. The minimum Gasteiger partial charge on any atom is -0.349 e. The molecule has 1 saturated heterocycles. The van der Waals surface area contributed by atoms with Crippen LogP contribution in [0.5, 0.6) is 0 Å². The first-order valence-corrected chi connectivity index (χ1v) is 9.00. The number of likely N-dealkylation sites (N-methyl/N-ethyl adjacent to an activating group) is 1. The highest BCUT2D eigenvalue weighted by molar-refractivity contribution is 7.89. The van der Waals surface area contributed by atoms with E-state index < -0.39 is 10.0 Å². The van der Waals surface area contributed by atoms with Crippen LogP contribution in [0.3, 0.4) is 0 Å². The largest absolute Gasteiger partial charge is 0.349 e. The molecule has 0 atom stereocenters. The highest BCUT2D eigenvalue weighted by Gasteiger charge is 2.28. The maximum Gasteiger partial charge on any atom is 0.251 e. The zero-order chi connectivity index (χ0) is 15.7. The Labute approximate surface area is 131 Å². The number of amides is 1. The Bertz CT molecular complexity index is 662. The molecule has 0 bridgehead atoms. The third-order valence-corrected chi connectivity index (χ3v) is 6.00. The zero-order valence-corrected chi connectivity index (χ0v) is 13.5. The highest BCUT2D eigenvalue weighted by atomic mass is 32.2. The quantitative estimate of drug-likeness (QED) is 0.877. The number of benzene rings is 1. The summed E-state index contributed by atoms with van der Waals surface area (Å²) in [5.41, 5.74) is 0.405. The van der Waals surface area contributed by atoms with Gasteiger partial charge < -0.3 is 10.2 Å². The van der Waals surface area contributed by atoms with E-state index in [9.17, 15) is 13.2 Å². The van der Waals surface area contributed by atoms with Crippen molar-refractivity contribution in [1.29, 1.82) is 0 Å². The van der Waals surface area contributed by atoms with E-state index in [0.29, 0.717) is 18.7 Å². The molecule has 1 aromatic rings. The molecule has 2 aliphatic rings. The van der Waals surface area contributed by atoms with Crippen molar-refractivity contribution in [3.63, 3.8) is 0 Å². The van der Waals surface area contributed by atoms with E-state index in [4.69, 9.17) is 0 Å². The molecule has 0 spiro atoms. The molecule has 1 aliphatic carbocycles. The maximum absolute atomic E-state index is 12.7. The van der Waals surface area contributed by atoms with Gasteiger partial charge in [-0.2, -0.15) is 4.31 Å². The van der Waals surface area contributed by atoms with E-state index in [2.05, 4.69) is 10.2 Å². The molecule has 6 nitrogen and oxygen atoms in total. The lowest BCUT2D eigenvalue weighted by atomic mass is 10.2. The predicted molar refractivity (Wildman–Crippen MR) is 83.2 cm³/mol. The van der Waals surface area contributed by atoms with Crippen molar-refractivity contribution in [1.82, 2.24) is 14.5 Å². The van der Waals surface area contributed by atoms with Gasteiger partial charge in [-0.1, -0.05) is 6.07 Å². The average Bonchev–Trinajstić information content (AvgIpc) is 3.32. The number of nitrogens with one attached hydrogen (secondary N) is 1. The van der Waals surface area contributed by atoms with Gasteiger partial charge in [0.2, 0.25) is 10.0 Å². The van der Waals surface area contributed by atoms with Gasteiger partial charge in [0, 0.05) is 37.8 Å². The number of piperazine rings is 1. The van der Waals surface area contributed by atoms with Crippen LogP contribution in [0.2, 0.25) is 0 Å². The number of sulfonamides is 1. The normalized spacial score (nSPS) is 20.8. The van der Waals surface area contributed by atoms with Gasteiger partial charge in [0.15, 0.2) is 0 Å². The van der Waals surface area contributed by atoms with E-state index in [0.717, 1.165) is 25.9 Å². The highest BCUT2D eigenvalue weighted by Crippen LogP contribution is 2.21. The molecule has 0 aromatic heterocycles. The summed E-state index contributed by atoms with van der Waals surface area (Å²) in [6.45, 7) is 2.41. The summed E-state index contributed by atoms with van der Waals surface area (Å²) in [6, 6.07) is 6.57. The second-order valence-electron chi connectivity index (χ2n) is 5.98. The first-order chi connectivity index (χ1) is 10.5. The summed E-state index contributed by atoms with van der Waals surface area (Å²) >= 11 is 0. The summed E-state index contributed by atoms with van der Waals surface area (Å²) in [4.78, 5) is 14.4. The van der Waals surface area contributed by atoms with E-state index in [1.165, 1.54) is 10.4 Å². The monoisotopic (exact) mass is 323 g/mol. The van der Waals surface area contributed by atoms with Crippen molar-refractivity contribution < 1.29 is 13.2 Å². The summed E-state index contributed by atoms with van der Waals surface area (Å²) < 4.78 is 26.8. The Balaban J connectivity index is 1.79. The van der Waals surface area contributed by atoms with Crippen LogP contribution in [0, 0.1) is 0 Å². The molecule has 1 aromatic carbocycles. The fourth-order valence-corrected chi connectivity index (χ4v) is 3.94. The average molecular weight is 323 g/mol. The lowest BCUT2D eigenvalue weighted by Gasteiger charge is -2.31. The van der Waals surface area contributed by atoms with Crippen molar-refractivity contribution in [3.8, 4) is 0 Å². The van der Waals surface area contributed by atoms with Crippen molar-refractivity contribution in [2.24, 2.45) is 0 Å². The molecule has 1 heterocycles. The van der Waals surface area contributed by atoms with E-state index in [1.54, 1.807) is 18.2 Å². The van der Waals surface area contributed by atoms with Crippen molar-refractivity contribution in [3.05, 3.63) is 29.8 Å². The Kier molecular flexibility index (Phi) is 4.20. The molecule has 1 N–H and O–H groups in total. The molecule has 0 radical (unpaired) electrons. The Morgan fingerprint density at radius 3 is 2.50 bits per heavy atom. The zero-order valence-electron chi connectivity index (χ0n) is 12.7. The Morgan fingerprint density at radius 1 is 1.18 bits per heavy atom. The number of hydrogen-bond donors (Lipinski definition) is 1. The van der Waals surface area contributed by atoms with E-state index >= 15 is 0 Å². The standard InChI is InChI=1S/C15H21N3O3S/c1-17-7-9-18(10-8-17)22(20,21)14-4-2-3-12(11-14)15(19)16-13-5-6-13/h2-4,11,13H,5-10H2,1H3,(H,16,19). The van der Waals surface area contributed by atoms with E-state index in [1.807, 2.05) is 7.05 Å². The predicted octanol–water partition coefficient (Wildman–Crippen LogP) is 0.515. The molecule has 2 fully saturated rings. The third kappa shape index (κ3) is 3.31. The van der Waals surface area contributed by atoms with Crippen LogP contribution >= 0.6 is 0 Å². The topological polar surface area (TPSA) is 69.7 Å². The number of carbonyl (C=O) groups excluding carboxylic acids is 1. The molecular weight excluding hydrogens is 302 g/mol. The minimum atomic E-state index is -3.53. The van der Waals surface area contributed by atoms with Crippen LogP contribution in [0.25, 0.3) is 0 Å². The lowest BCUT2D eigenvalue weighted by molar-refractivity contribution is 0.0951. The number of rotatable bonds is 4. The van der Waals surface area contributed by atoms with Crippen molar-refractivity contribution >= 4 is 15.9 Å². The van der Waals surface area contributed by atoms with Gasteiger partial charge in [-0.25, -0.2) is 8.42 Å². The number of hydrogen-bond acceptors (Lipinski definition) is 4. The van der Waals surface area contributed by atoms with Gasteiger partial charge in [0.05, 0.1) is 4.90 Å². The maximum atomic E-state index is 12.7. The van der Waals surface area contributed by atoms with Crippen LogP contribution in [-0.2, 0) is 10.0 Å². The molecule has 0 unspecified atom stereocenters. The second kappa shape index (κ2) is 5.98. The van der Waals surface area contributed by atoms with Gasteiger partial charge >= 0.3 is 0 Å². The van der Waals surface area contributed by atoms with Crippen LogP contribution in [0.4, 0.5) is 0 Å². The molecule has 1 aliphatic heterocycles. The smallest absolute Gasteiger partial charge is 0.251 e. The summed E-state index contributed by atoms with van der Waals surface area (Å²) in [5.74, 6) is -0.196. The Morgan fingerprint density at radius 2 is 1.86 bits per heavy atom.